The van der Waals surface area contributed by atoms with Gasteiger partial charge in [-0.05, 0) is 27.8 Å². The van der Waals surface area contributed by atoms with Gasteiger partial charge in [-0.1, -0.05) is 78.9 Å². The number of rotatable bonds is 7. The number of carbonyl (C=O) groups excluding carboxylic acids is 3. The first-order valence-electron chi connectivity index (χ1n) is 10.5. The van der Waals surface area contributed by atoms with E-state index in [2.05, 4.69) is 17.4 Å². The molecule has 0 saturated carbocycles. The van der Waals surface area contributed by atoms with E-state index in [1.54, 1.807) is 0 Å². The molecule has 0 saturated heterocycles. The summed E-state index contributed by atoms with van der Waals surface area (Å²) in [4.78, 5) is 37.3. The quantitative estimate of drug-likeness (QED) is 0.582. The normalized spacial score (nSPS) is 12.9. The molecule has 3 aromatic carbocycles. The third kappa shape index (κ3) is 4.39. The number of amides is 3. The second kappa shape index (κ2) is 9.47. The highest BCUT2D eigenvalue weighted by Gasteiger charge is 2.30. The Kier molecular flexibility index (Phi) is 6.31. The van der Waals surface area contributed by atoms with E-state index >= 15 is 0 Å². The van der Waals surface area contributed by atoms with Crippen LogP contribution in [0.15, 0.2) is 78.9 Å². The summed E-state index contributed by atoms with van der Waals surface area (Å²) in [7, 11) is 1.37. The fourth-order valence-corrected chi connectivity index (χ4v) is 4.13. The molecule has 6 heteroatoms. The van der Waals surface area contributed by atoms with E-state index in [0.717, 1.165) is 32.7 Å². The molecule has 0 fully saturated rings. The third-order valence-corrected chi connectivity index (χ3v) is 5.72. The number of benzene rings is 3. The molecule has 32 heavy (non-hydrogen) atoms. The number of ether oxygens (including phenoxy) is 1. The lowest BCUT2D eigenvalue weighted by Gasteiger charge is -2.21. The summed E-state index contributed by atoms with van der Waals surface area (Å²) in [5.74, 6) is -0.577. The molecule has 4 rings (SSSR count). The third-order valence-electron chi connectivity index (χ3n) is 5.72. The zero-order chi connectivity index (χ0) is 22.5. The van der Waals surface area contributed by atoms with Gasteiger partial charge in [0, 0.05) is 19.4 Å². The predicted molar refractivity (Wildman–Crippen MR) is 121 cm³/mol. The van der Waals surface area contributed by atoms with E-state index < -0.39 is 18.0 Å². The Hall–Kier alpha value is -3.93. The first-order valence-corrected chi connectivity index (χ1v) is 10.5. The van der Waals surface area contributed by atoms with Crippen LogP contribution in [0.4, 0.5) is 4.79 Å². The standard InChI is InChI=1S/C26H24N2O4/c1-28(17-29)25(30)24(15-18-9-3-2-4-10-18)27-26(31)32-16-23-21-13-7-5-11-19(21)20-12-6-8-14-22(20)23/h2-14,17,23-24H,15-16H2,1H3,(H,27,31)/t24-/m0/s1. The Morgan fingerprint density at radius 1 is 0.938 bits per heavy atom. The van der Waals surface area contributed by atoms with Gasteiger partial charge in [-0.25, -0.2) is 4.79 Å². The molecular formula is C26H24N2O4. The van der Waals surface area contributed by atoms with Gasteiger partial charge in [-0.3, -0.25) is 14.5 Å². The maximum Gasteiger partial charge on any atom is 0.407 e. The number of nitrogens with one attached hydrogen (secondary N) is 1. The van der Waals surface area contributed by atoms with Crippen LogP contribution in [0, 0.1) is 0 Å². The lowest BCUT2D eigenvalue weighted by atomic mass is 9.98. The van der Waals surface area contributed by atoms with Crippen LogP contribution >= 0.6 is 0 Å². The minimum atomic E-state index is -0.914. The van der Waals surface area contributed by atoms with E-state index in [1.165, 1.54) is 7.05 Å². The van der Waals surface area contributed by atoms with Gasteiger partial charge in [0.2, 0.25) is 6.41 Å². The van der Waals surface area contributed by atoms with Crippen molar-refractivity contribution in [2.75, 3.05) is 13.7 Å². The Balaban J connectivity index is 1.47. The van der Waals surface area contributed by atoms with E-state index in [0.29, 0.717) is 6.41 Å². The summed E-state index contributed by atoms with van der Waals surface area (Å²) in [6, 6.07) is 24.6. The molecule has 6 nitrogen and oxygen atoms in total. The van der Waals surface area contributed by atoms with E-state index in [-0.39, 0.29) is 18.9 Å². The van der Waals surface area contributed by atoms with Crippen LogP contribution in [-0.2, 0) is 20.7 Å². The van der Waals surface area contributed by atoms with Gasteiger partial charge in [0.1, 0.15) is 12.6 Å². The zero-order valence-corrected chi connectivity index (χ0v) is 17.7. The summed E-state index contributed by atoms with van der Waals surface area (Å²) in [6.07, 6.45) is -0.0117. The van der Waals surface area contributed by atoms with Crippen molar-refractivity contribution in [3.8, 4) is 11.1 Å². The smallest absolute Gasteiger partial charge is 0.407 e. The van der Waals surface area contributed by atoms with Crippen LogP contribution in [0.5, 0.6) is 0 Å². The fraction of sp³-hybridized carbons (Fsp3) is 0.192. The van der Waals surface area contributed by atoms with Crippen LogP contribution in [-0.4, -0.2) is 43.0 Å². The van der Waals surface area contributed by atoms with Crippen molar-refractivity contribution < 1.29 is 19.1 Å². The molecule has 0 bridgehead atoms. The summed E-state index contributed by atoms with van der Waals surface area (Å²) >= 11 is 0. The Bertz CT molecular complexity index is 1080. The molecule has 1 aliphatic rings. The van der Waals surface area contributed by atoms with Gasteiger partial charge in [-0.15, -0.1) is 0 Å². The lowest BCUT2D eigenvalue weighted by molar-refractivity contribution is -0.138. The number of alkyl carbamates (subject to hydrolysis) is 1. The van der Waals surface area contributed by atoms with Gasteiger partial charge in [-0.2, -0.15) is 0 Å². The van der Waals surface area contributed by atoms with Crippen LogP contribution in [0.3, 0.4) is 0 Å². The number of carbonyl (C=O) groups is 3. The highest BCUT2D eigenvalue weighted by Crippen LogP contribution is 2.44. The van der Waals surface area contributed by atoms with Crippen LogP contribution in [0.2, 0.25) is 0 Å². The van der Waals surface area contributed by atoms with Crippen LogP contribution in [0.1, 0.15) is 22.6 Å². The average molecular weight is 428 g/mol. The van der Waals surface area contributed by atoms with Crippen molar-refractivity contribution >= 4 is 18.4 Å². The van der Waals surface area contributed by atoms with Crippen molar-refractivity contribution in [2.24, 2.45) is 0 Å². The largest absolute Gasteiger partial charge is 0.449 e. The maximum atomic E-state index is 12.6. The summed E-state index contributed by atoms with van der Waals surface area (Å²) < 4.78 is 5.56. The molecule has 1 atom stereocenters. The molecule has 0 radical (unpaired) electrons. The minimum Gasteiger partial charge on any atom is -0.449 e. The molecule has 0 aromatic heterocycles. The number of hydrogen-bond acceptors (Lipinski definition) is 4. The van der Waals surface area contributed by atoms with Crippen molar-refractivity contribution in [3.05, 3.63) is 95.6 Å². The van der Waals surface area contributed by atoms with Crippen LogP contribution in [0.25, 0.3) is 11.1 Å². The summed E-state index contributed by atoms with van der Waals surface area (Å²) in [5, 5.41) is 2.64. The van der Waals surface area contributed by atoms with Gasteiger partial charge >= 0.3 is 6.09 Å². The first-order chi connectivity index (χ1) is 15.6. The predicted octanol–water partition coefficient (Wildman–Crippen LogP) is 3.75. The molecule has 3 aromatic rings. The highest BCUT2D eigenvalue weighted by molar-refractivity contribution is 5.92. The van der Waals surface area contributed by atoms with Gasteiger partial charge in [0.15, 0.2) is 0 Å². The molecule has 0 unspecified atom stereocenters. The second-order valence-electron chi connectivity index (χ2n) is 7.77. The monoisotopic (exact) mass is 428 g/mol. The lowest BCUT2D eigenvalue weighted by Crippen LogP contribution is -2.48. The minimum absolute atomic E-state index is 0.0749. The molecule has 0 heterocycles. The molecule has 0 aliphatic heterocycles. The van der Waals surface area contributed by atoms with Gasteiger partial charge in [0.25, 0.3) is 5.91 Å². The fourth-order valence-electron chi connectivity index (χ4n) is 4.13. The zero-order valence-electron chi connectivity index (χ0n) is 17.7. The Morgan fingerprint density at radius 2 is 1.50 bits per heavy atom. The van der Waals surface area contributed by atoms with E-state index in [9.17, 15) is 14.4 Å². The van der Waals surface area contributed by atoms with E-state index in [1.807, 2.05) is 66.7 Å². The highest BCUT2D eigenvalue weighted by atomic mass is 16.5. The number of hydrogen-bond donors (Lipinski definition) is 1. The molecule has 3 amide bonds. The van der Waals surface area contributed by atoms with Crippen molar-refractivity contribution in [1.29, 1.82) is 0 Å². The summed E-state index contributed by atoms with van der Waals surface area (Å²) in [6.45, 7) is 0.148. The topological polar surface area (TPSA) is 75.7 Å². The maximum absolute atomic E-state index is 12.6. The number of nitrogens with zero attached hydrogens (tertiary/aromatic N) is 1. The van der Waals surface area contributed by atoms with Gasteiger partial charge < -0.3 is 10.1 Å². The van der Waals surface area contributed by atoms with Crippen molar-refractivity contribution in [1.82, 2.24) is 10.2 Å². The molecule has 1 N–H and O–H groups in total. The Labute approximate surface area is 186 Å². The molecular weight excluding hydrogens is 404 g/mol. The average Bonchev–Trinajstić information content (AvgIpc) is 3.15. The van der Waals surface area contributed by atoms with Gasteiger partial charge in [0.05, 0.1) is 0 Å². The number of likely N-dealkylation sites (N-methyl/N-ethyl adjacent to an activating group) is 1. The second-order valence-corrected chi connectivity index (χ2v) is 7.77. The Morgan fingerprint density at radius 3 is 2.09 bits per heavy atom. The van der Waals surface area contributed by atoms with E-state index in [4.69, 9.17) is 4.74 Å². The number of fused-ring (bicyclic) bond motifs is 3. The van der Waals surface area contributed by atoms with Crippen molar-refractivity contribution in [3.63, 3.8) is 0 Å². The molecule has 1 aliphatic carbocycles. The SMILES string of the molecule is CN(C=O)C(=O)[C@H](Cc1ccccc1)NC(=O)OCC1c2ccccc2-c2ccccc21. The van der Waals surface area contributed by atoms with Crippen molar-refractivity contribution in [2.45, 2.75) is 18.4 Å². The van der Waals surface area contributed by atoms with Crippen LogP contribution < -0.4 is 5.32 Å². The molecule has 162 valence electrons. The number of imide groups is 1. The summed E-state index contributed by atoms with van der Waals surface area (Å²) in [5.41, 5.74) is 5.37. The molecule has 0 spiro atoms. The first kappa shape index (κ1) is 21.3.